The van der Waals surface area contributed by atoms with Crippen LogP contribution in [-0.4, -0.2) is 11.5 Å². The summed E-state index contributed by atoms with van der Waals surface area (Å²) in [5.41, 5.74) is 2.34. The molecule has 0 spiro atoms. The van der Waals surface area contributed by atoms with Gasteiger partial charge in [0, 0.05) is 29.4 Å². The van der Waals surface area contributed by atoms with Gasteiger partial charge in [0.2, 0.25) is 0 Å². The van der Waals surface area contributed by atoms with Crippen LogP contribution >= 0.6 is 0 Å². The zero-order valence-electron chi connectivity index (χ0n) is 12.1. The Morgan fingerprint density at radius 2 is 2.11 bits per heavy atom. The number of furan rings is 1. The third-order valence-electron chi connectivity index (χ3n) is 3.49. The highest BCUT2D eigenvalue weighted by Crippen LogP contribution is 2.32. The van der Waals surface area contributed by atoms with Crippen molar-refractivity contribution in [1.29, 1.82) is 0 Å². The van der Waals surface area contributed by atoms with Crippen molar-refractivity contribution in [2.75, 3.05) is 6.54 Å². The Morgan fingerprint density at radius 3 is 2.63 bits per heavy atom. The number of hydrogen-bond acceptors (Lipinski definition) is 3. The third-order valence-corrected chi connectivity index (χ3v) is 3.49. The highest BCUT2D eigenvalue weighted by Gasteiger charge is 2.24. The molecule has 0 radical (unpaired) electrons. The first-order valence-corrected chi connectivity index (χ1v) is 6.84. The van der Waals surface area contributed by atoms with Crippen molar-refractivity contribution in [3.63, 3.8) is 0 Å². The molecule has 3 heteroatoms. The molecular weight excluding hydrogens is 236 g/mol. The number of nitrogens with one attached hydrogen (secondary N) is 1. The summed E-state index contributed by atoms with van der Waals surface area (Å²) in [4.78, 5) is 4.47. The van der Waals surface area contributed by atoms with Crippen LogP contribution in [0.2, 0.25) is 0 Å². The van der Waals surface area contributed by atoms with Gasteiger partial charge < -0.3 is 9.73 Å². The van der Waals surface area contributed by atoms with Gasteiger partial charge in [0.25, 0.3) is 0 Å². The van der Waals surface area contributed by atoms with E-state index in [1.165, 1.54) is 5.56 Å². The number of nitrogens with zero attached hydrogens (tertiary/aromatic N) is 1. The molecule has 102 valence electrons. The van der Waals surface area contributed by atoms with Gasteiger partial charge in [-0.1, -0.05) is 19.9 Å². The van der Waals surface area contributed by atoms with Gasteiger partial charge in [-0.05, 0) is 38.6 Å². The molecule has 2 atom stereocenters. The smallest absolute Gasteiger partial charge is 0.105 e. The van der Waals surface area contributed by atoms with Gasteiger partial charge in [-0.3, -0.25) is 4.98 Å². The van der Waals surface area contributed by atoms with Gasteiger partial charge in [-0.15, -0.1) is 0 Å². The van der Waals surface area contributed by atoms with E-state index >= 15 is 0 Å². The molecule has 1 N–H and O–H groups in total. The fourth-order valence-electron chi connectivity index (χ4n) is 2.55. The third kappa shape index (κ3) is 3.04. The maximum atomic E-state index is 5.67. The number of rotatable bonds is 5. The maximum Gasteiger partial charge on any atom is 0.105 e. The quantitative estimate of drug-likeness (QED) is 0.887. The fourth-order valence-corrected chi connectivity index (χ4v) is 2.55. The second kappa shape index (κ2) is 6.02. The van der Waals surface area contributed by atoms with E-state index in [1.807, 2.05) is 32.2 Å². The highest BCUT2D eigenvalue weighted by molar-refractivity contribution is 5.28. The van der Waals surface area contributed by atoms with Gasteiger partial charge in [0.05, 0.1) is 0 Å². The summed E-state index contributed by atoms with van der Waals surface area (Å²) in [5.74, 6) is 2.26. The largest absolute Gasteiger partial charge is 0.466 e. The molecule has 0 amide bonds. The molecule has 0 aliphatic rings. The summed E-state index contributed by atoms with van der Waals surface area (Å²) < 4.78 is 5.67. The van der Waals surface area contributed by atoms with E-state index in [-0.39, 0.29) is 6.04 Å². The van der Waals surface area contributed by atoms with Crippen LogP contribution in [0.4, 0.5) is 0 Å². The van der Waals surface area contributed by atoms with Crippen LogP contribution in [0.3, 0.4) is 0 Å². The number of pyridine rings is 1. The van der Waals surface area contributed by atoms with Crippen LogP contribution in [0, 0.1) is 13.8 Å². The van der Waals surface area contributed by atoms with Crippen LogP contribution < -0.4 is 5.32 Å². The summed E-state index contributed by atoms with van der Waals surface area (Å²) in [6.45, 7) is 9.27. The van der Waals surface area contributed by atoms with Gasteiger partial charge in [-0.25, -0.2) is 0 Å². The molecule has 2 rings (SSSR count). The van der Waals surface area contributed by atoms with Gasteiger partial charge in [0.1, 0.15) is 11.5 Å². The SMILES string of the molecule is CCNC(c1cc(C)oc1C)C(C)c1ccccn1. The highest BCUT2D eigenvalue weighted by atomic mass is 16.3. The van der Waals surface area contributed by atoms with E-state index in [1.54, 1.807) is 0 Å². The van der Waals surface area contributed by atoms with E-state index in [9.17, 15) is 0 Å². The molecule has 2 unspecified atom stereocenters. The van der Waals surface area contributed by atoms with Crippen LogP contribution in [0.5, 0.6) is 0 Å². The average molecular weight is 258 g/mol. The molecule has 0 saturated carbocycles. The van der Waals surface area contributed by atoms with Crippen molar-refractivity contribution in [3.05, 3.63) is 53.2 Å². The zero-order chi connectivity index (χ0) is 13.8. The summed E-state index contributed by atoms with van der Waals surface area (Å²) in [6.07, 6.45) is 1.85. The lowest BCUT2D eigenvalue weighted by Crippen LogP contribution is -2.26. The monoisotopic (exact) mass is 258 g/mol. The molecule has 0 aliphatic carbocycles. The summed E-state index contributed by atoms with van der Waals surface area (Å²) in [6, 6.07) is 8.43. The molecule has 2 aromatic heterocycles. The Balaban J connectivity index is 2.32. The minimum Gasteiger partial charge on any atom is -0.466 e. The van der Waals surface area contributed by atoms with E-state index in [0.29, 0.717) is 5.92 Å². The minimum absolute atomic E-state index is 0.234. The Hall–Kier alpha value is -1.61. The Morgan fingerprint density at radius 1 is 1.32 bits per heavy atom. The molecule has 0 saturated heterocycles. The summed E-state index contributed by atoms with van der Waals surface area (Å²) >= 11 is 0. The molecule has 19 heavy (non-hydrogen) atoms. The van der Waals surface area contributed by atoms with Crippen molar-refractivity contribution >= 4 is 0 Å². The average Bonchev–Trinajstić information content (AvgIpc) is 2.75. The molecule has 0 fully saturated rings. The second-order valence-corrected chi connectivity index (χ2v) is 4.95. The second-order valence-electron chi connectivity index (χ2n) is 4.95. The first-order chi connectivity index (χ1) is 9.13. The zero-order valence-corrected chi connectivity index (χ0v) is 12.1. The lowest BCUT2D eigenvalue weighted by molar-refractivity contribution is 0.451. The first kappa shape index (κ1) is 13.8. The van der Waals surface area contributed by atoms with E-state index in [0.717, 1.165) is 23.8 Å². The molecule has 0 aromatic carbocycles. The van der Waals surface area contributed by atoms with E-state index in [2.05, 4.69) is 36.3 Å². The van der Waals surface area contributed by atoms with Crippen molar-refractivity contribution in [3.8, 4) is 0 Å². The van der Waals surface area contributed by atoms with Crippen LogP contribution in [0.1, 0.15) is 48.6 Å². The van der Waals surface area contributed by atoms with Crippen LogP contribution in [0.15, 0.2) is 34.9 Å². The Kier molecular flexibility index (Phi) is 4.38. The lowest BCUT2D eigenvalue weighted by atomic mass is 9.91. The van der Waals surface area contributed by atoms with Crippen molar-refractivity contribution < 1.29 is 4.42 Å². The number of hydrogen-bond donors (Lipinski definition) is 1. The van der Waals surface area contributed by atoms with Gasteiger partial charge in [-0.2, -0.15) is 0 Å². The standard InChI is InChI=1S/C16H22N2O/c1-5-17-16(14-10-11(2)19-13(14)4)12(3)15-8-6-7-9-18-15/h6-10,12,16-17H,5H2,1-4H3. The van der Waals surface area contributed by atoms with Crippen molar-refractivity contribution in [1.82, 2.24) is 10.3 Å². The normalized spacial score (nSPS) is 14.3. The first-order valence-electron chi connectivity index (χ1n) is 6.84. The molecule has 2 heterocycles. The minimum atomic E-state index is 0.234. The van der Waals surface area contributed by atoms with Crippen molar-refractivity contribution in [2.24, 2.45) is 0 Å². The molecular formula is C16H22N2O. The van der Waals surface area contributed by atoms with Gasteiger partial charge in [0.15, 0.2) is 0 Å². The Bertz CT molecular complexity index is 519. The van der Waals surface area contributed by atoms with Crippen LogP contribution in [-0.2, 0) is 0 Å². The predicted octanol–water partition coefficient (Wildman–Crippen LogP) is 3.75. The predicted molar refractivity (Wildman–Crippen MR) is 77.3 cm³/mol. The van der Waals surface area contributed by atoms with E-state index < -0.39 is 0 Å². The number of likely N-dealkylation sites (N-methyl/N-ethyl adjacent to an activating group) is 1. The fraction of sp³-hybridized carbons (Fsp3) is 0.438. The maximum absolute atomic E-state index is 5.67. The molecule has 0 aliphatic heterocycles. The molecule has 0 bridgehead atoms. The summed E-state index contributed by atoms with van der Waals surface area (Å²) in [5, 5.41) is 3.55. The van der Waals surface area contributed by atoms with Crippen LogP contribution in [0.25, 0.3) is 0 Å². The number of aryl methyl sites for hydroxylation is 2. The van der Waals surface area contributed by atoms with Gasteiger partial charge >= 0.3 is 0 Å². The lowest BCUT2D eigenvalue weighted by Gasteiger charge is -2.24. The summed E-state index contributed by atoms with van der Waals surface area (Å²) in [7, 11) is 0. The topological polar surface area (TPSA) is 38.1 Å². The van der Waals surface area contributed by atoms with Crippen molar-refractivity contribution in [2.45, 2.75) is 39.7 Å². The van der Waals surface area contributed by atoms with E-state index in [4.69, 9.17) is 4.42 Å². The molecule has 3 nitrogen and oxygen atoms in total. The Labute approximate surface area is 115 Å². The number of aromatic nitrogens is 1. The molecule has 2 aromatic rings.